The van der Waals surface area contributed by atoms with Gasteiger partial charge >= 0.3 is 0 Å². The zero-order chi connectivity index (χ0) is 18.1. The van der Waals surface area contributed by atoms with Crippen LogP contribution in [0.25, 0.3) is 0 Å². The lowest BCUT2D eigenvalue weighted by Crippen LogP contribution is -2.65. The van der Waals surface area contributed by atoms with Crippen molar-refractivity contribution in [3.05, 3.63) is 34.3 Å². The first-order chi connectivity index (χ1) is 12.6. The van der Waals surface area contributed by atoms with Crippen LogP contribution in [-0.4, -0.2) is 41.3 Å². The molecule has 0 radical (unpaired) electrons. The molecule has 4 N–H and O–H groups in total. The molecule has 3 atom stereocenters. The number of fused-ring (bicyclic) bond motifs is 1. The minimum atomic E-state index is -0.284. The minimum absolute atomic E-state index is 0.0667. The van der Waals surface area contributed by atoms with E-state index in [-0.39, 0.29) is 18.1 Å². The molecule has 1 amide bonds. The van der Waals surface area contributed by atoms with E-state index in [1.807, 2.05) is 6.07 Å². The molecule has 140 valence electrons. The van der Waals surface area contributed by atoms with Gasteiger partial charge in [0.05, 0.1) is 0 Å². The number of halogens is 1. The van der Waals surface area contributed by atoms with Crippen LogP contribution < -0.4 is 21.3 Å². The summed E-state index contributed by atoms with van der Waals surface area (Å²) in [5.74, 6) is -0.0667. The Hall–Kier alpha value is -1.25. The molecule has 4 rings (SSSR count). The van der Waals surface area contributed by atoms with Crippen molar-refractivity contribution in [3.8, 4) is 0 Å². The van der Waals surface area contributed by atoms with Crippen LogP contribution >= 0.6 is 23.8 Å². The van der Waals surface area contributed by atoms with Crippen molar-refractivity contribution in [2.45, 2.75) is 50.5 Å². The van der Waals surface area contributed by atoms with E-state index in [1.54, 1.807) is 0 Å². The molecular formula is C18H24ClN5OS. The summed E-state index contributed by atoms with van der Waals surface area (Å²) in [5.41, 5.74) is 2.43. The Morgan fingerprint density at radius 1 is 1.19 bits per heavy atom. The monoisotopic (exact) mass is 393 g/mol. The predicted octanol–water partition coefficient (Wildman–Crippen LogP) is 1.61. The number of nitrogens with one attached hydrogen (secondary N) is 4. The van der Waals surface area contributed by atoms with Crippen molar-refractivity contribution in [3.63, 3.8) is 0 Å². The van der Waals surface area contributed by atoms with Crippen LogP contribution in [0, 0.1) is 0 Å². The summed E-state index contributed by atoms with van der Waals surface area (Å²) >= 11 is 11.8. The lowest BCUT2D eigenvalue weighted by atomic mass is 9.96. The van der Waals surface area contributed by atoms with Crippen molar-refractivity contribution in [1.82, 2.24) is 26.2 Å². The van der Waals surface area contributed by atoms with Gasteiger partial charge in [0.1, 0.15) is 12.2 Å². The summed E-state index contributed by atoms with van der Waals surface area (Å²) in [6.07, 6.45) is 4.69. The quantitative estimate of drug-likeness (QED) is 0.585. The summed E-state index contributed by atoms with van der Waals surface area (Å²) in [7, 11) is 0. The number of amides is 1. The van der Waals surface area contributed by atoms with Crippen LogP contribution in [0.3, 0.4) is 0 Å². The van der Waals surface area contributed by atoms with Crippen molar-refractivity contribution in [1.29, 1.82) is 0 Å². The Morgan fingerprint density at radius 2 is 2.08 bits per heavy atom. The summed E-state index contributed by atoms with van der Waals surface area (Å²) in [6.45, 7) is 2.27. The lowest BCUT2D eigenvalue weighted by molar-refractivity contribution is -0.123. The Morgan fingerprint density at radius 3 is 2.96 bits per heavy atom. The fraction of sp³-hybridized carbons (Fsp3) is 0.556. The molecule has 3 saturated heterocycles. The highest BCUT2D eigenvalue weighted by atomic mass is 35.5. The van der Waals surface area contributed by atoms with Gasteiger partial charge < -0.3 is 15.5 Å². The van der Waals surface area contributed by atoms with E-state index in [4.69, 9.17) is 23.8 Å². The van der Waals surface area contributed by atoms with Gasteiger partial charge in [0.15, 0.2) is 5.11 Å². The average molecular weight is 394 g/mol. The van der Waals surface area contributed by atoms with E-state index in [0.29, 0.717) is 24.4 Å². The fourth-order valence-electron chi connectivity index (χ4n) is 4.09. The zero-order valence-corrected chi connectivity index (χ0v) is 16.1. The van der Waals surface area contributed by atoms with Gasteiger partial charge in [-0.2, -0.15) is 0 Å². The number of benzene rings is 1. The average Bonchev–Trinajstić information content (AvgIpc) is 2.95. The summed E-state index contributed by atoms with van der Waals surface area (Å²) in [6, 6.07) is 6.11. The predicted molar refractivity (Wildman–Crippen MR) is 106 cm³/mol. The molecule has 3 heterocycles. The summed E-state index contributed by atoms with van der Waals surface area (Å²) in [4.78, 5) is 14.2. The van der Waals surface area contributed by atoms with E-state index >= 15 is 0 Å². The molecule has 3 unspecified atom stereocenters. The molecule has 3 fully saturated rings. The highest BCUT2D eigenvalue weighted by Crippen LogP contribution is 2.30. The molecule has 6 nitrogen and oxygen atoms in total. The molecule has 0 saturated carbocycles. The van der Waals surface area contributed by atoms with Gasteiger partial charge in [0.2, 0.25) is 5.91 Å². The summed E-state index contributed by atoms with van der Waals surface area (Å²) in [5, 5.41) is 14.2. The van der Waals surface area contributed by atoms with Crippen LogP contribution in [-0.2, 0) is 11.3 Å². The number of carbonyl (C=O) groups excluding carboxylic acids is 1. The highest BCUT2D eigenvalue weighted by molar-refractivity contribution is 7.80. The Bertz CT molecular complexity index is 707. The van der Waals surface area contributed by atoms with Gasteiger partial charge in [-0.05, 0) is 54.9 Å². The molecule has 0 bridgehead atoms. The van der Waals surface area contributed by atoms with Gasteiger partial charge in [0, 0.05) is 24.3 Å². The van der Waals surface area contributed by atoms with Crippen molar-refractivity contribution >= 4 is 34.8 Å². The standard InChI is InChI=1S/C18H24ClN5OS/c19-12-6-5-11(13(8-12)14-4-2-1-3-7-20-14)9-24-16-15(21-10-22-16)17(25)23-18(24)26/h5-6,8,14-16,20-22H,1-4,7,9-10H2,(H,23,25,26). The molecule has 8 heteroatoms. The largest absolute Gasteiger partial charge is 0.327 e. The Balaban J connectivity index is 1.61. The number of hydrogen-bond donors (Lipinski definition) is 4. The van der Waals surface area contributed by atoms with Crippen molar-refractivity contribution in [2.75, 3.05) is 13.2 Å². The second kappa shape index (κ2) is 7.78. The zero-order valence-electron chi connectivity index (χ0n) is 14.6. The van der Waals surface area contributed by atoms with Gasteiger partial charge in [-0.15, -0.1) is 0 Å². The van der Waals surface area contributed by atoms with Gasteiger partial charge in [-0.3, -0.25) is 15.4 Å². The SMILES string of the molecule is O=C1NC(=S)N(Cc2ccc(Cl)cc2C2CCCCCN2)C2NCNC12. The van der Waals surface area contributed by atoms with E-state index < -0.39 is 0 Å². The number of hydrogen-bond acceptors (Lipinski definition) is 5. The van der Waals surface area contributed by atoms with E-state index in [1.165, 1.54) is 30.4 Å². The topological polar surface area (TPSA) is 68.4 Å². The second-order valence-electron chi connectivity index (χ2n) is 7.13. The van der Waals surface area contributed by atoms with Gasteiger partial charge in [0.25, 0.3) is 0 Å². The van der Waals surface area contributed by atoms with Crippen LogP contribution in [0.1, 0.15) is 42.9 Å². The Kier molecular flexibility index (Phi) is 5.42. The molecule has 1 aromatic rings. The van der Waals surface area contributed by atoms with Crippen LogP contribution in [0.5, 0.6) is 0 Å². The maximum Gasteiger partial charge on any atom is 0.246 e. The third kappa shape index (κ3) is 3.59. The molecule has 3 aliphatic rings. The van der Waals surface area contributed by atoms with Crippen LogP contribution in [0.15, 0.2) is 18.2 Å². The number of thiocarbonyl (C=S) groups is 1. The first kappa shape index (κ1) is 18.1. The normalized spacial score (nSPS) is 29.3. The van der Waals surface area contributed by atoms with Crippen LogP contribution in [0.4, 0.5) is 0 Å². The summed E-state index contributed by atoms with van der Waals surface area (Å²) < 4.78 is 0. The third-order valence-electron chi connectivity index (χ3n) is 5.44. The lowest BCUT2D eigenvalue weighted by Gasteiger charge is -2.39. The fourth-order valence-corrected chi connectivity index (χ4v) is 4.55. The van der Waals surface area contributed by atoms with E-state index in [0.717, 1.165) is 18.0 Å². The first-order valence-electron chi connectivity index (χ1n) is 9.23. The maximum atomic E-state index is 12.1. The van der Waals surface area contributed by atoms with E-state index in [9.17, 15) is 4.79 Å². The smallest absolute Gasteiger partial charge is 0.246 e. The maximum absolute atomic E-state index is 12.1. The number of nitrogens with zero attached hydrogens (tertiary/aromatic N) is 1. The molecule has 26 heavy (non-hydrogen) atoms. The van der Waals surface area contributed by atoms with Crippen molar-refractivity contribution in [2.24, 2.45) is 0 Å². The molecule has 0 spiro atoms. The van der Waals surface area contributed by atoms with E-state index in [2.05, 4.69) is 38.3 Å². The number of rotatable bonds is 3. The first-order valence-corrected chi connectivity index (χ1v) is 10.0. The molecule has 0 aromatic heterocycles. The third-order valence-corrected chi connectivity index (χ3v) is 6.01. The minimum Gasteiger partial charge on any atom is -0.327 e. The molecule has 0 aliphatic carbocycles. The Labute approximate surface area is 164 Å². The van der Waals surface area contributed by atoms with Crippen molar-refractivity contribution < 1.29 is 4.79 Å². The second-order valence-corrected chi connectivity index (χ2v) is 7.95. The highest BCUT2D eigenvalue weighted by Gasteiger charge is 2.42. The molecule has 1 aromatic carbocycles. The van der Waals surface area contributed by atoms with Crippen LogP contribution in [0.2, 0.25) is 5.02 Å². The molecular weight excluding hydrogens is 370 g/mol. The molecule has 3 aliphatic heterocycles. The number of carbonyl (C=O) groups is 1. The van der Waals surface area contributed by atoms with Gasteiger partial charge in [-0.1, -0.05) is 30.5 Å². The van der Waals surface area contributed by atoms with Gasteiger partial charge in [-0.25, -0.2) is 0 Å².